The van der Waals surface area contributed by atoms with Crippen LogP contribution in [0.2, 0.25) is 0 Å². The number of rotatable bonds is 3. The number of hydrogen-bond donors (Lipinski definition) is 1. The van der Waals surface area contributed by atoms with Crippen molar-refractivity contribution >= 4 is 5.95 Å². The Morgan fingerprint density at radius 2 is 2.23 bits per heavy atom. The van der Waals surface area contributed by atoms with Crippen LogP contribution >= 0.6 is 0 Å². The largest absolute Gasteiger partial charge is 0.344 e. The molecule has 1 fully saturated rings. The quantitative estimate of drug-likeness (QED) is 0.719. The molecule has 2 rings (SSSR count). The van der Waals surface area contributed by atoms with E-state index < -0.39 is 0 Å². The van der Waals surface area contributed by atoms with E-state index in [4.69, 9.17) is 10.3 Å². The molecule has 13 heavy (non-hydrogen) atoms. The van der Waals surface area contributed by atoms with E-state index in [1.54, 1.807) is 0 Å². The van der Waals surface area contributed by atoms with Crippen molar-refractivity contribution in [1.82, 2.24) is 10.1 Å². The van der Waals surface area contributed by atoms with Crippen LogP contribution in [0.3, 0.4) is 0 Å². The van der Waals surface area contributed by atoms with E-state index in [-0.39, 0.29) is 5.41 Å². The van der Waals surface area contributed by atoms with Gasteiger partial charge in [0.1, 0.15) is 0 Å². The summed E-state index contributed by atoms with van der Waals surface area (Å²) in [5.41, 5.74) is 5.65. The maximum absolute atomic E-state index is 5.64. The maximum Gasteiger partial charge on any atom is 0.265 e. The van der Waals surface area contributed by atoms with Crippen LogP contribution in [0.15, 0.2) is 4.52 Å². The number of anilines is 1. The zero-order valence-electron chi connectivity index (χ0n) is 7.95. The average molecular weight is 182 g/mol. The van der Waals surface area contributed by atoms with Crippen LogP contribution in [0, 0.1) is 0 Å². The number of aromatic nitrogens is 2. The Bertz CT molecular complexity index is 303. The van der Waals surface area contributed by atoms with E-state index in [1.165, 1.54) is 0 Å². The molecule has 0 bridgehead atoms. The third-order valence-electron chi connectivity index (χ3n) is 2.51. The Balaban J connectivity index is 2.23. The summed E-state index contributed by atoms with van der Waals surface area (Å²) in [5.74, 6) is 1.31. The fourth-order valence-corrected chi connectivity index (χ4v) is 1.27. The van der Waals surface area contributed by atoms with Crippen LogP contribution in [0.1, 0.15) is 18.7 Å². The molecule has 0 radical (unpaired) electrons. The van der Waals surface area contributed by atoms with E-state index in [1.807, 2.05) is 19.0 Å². The third kappa shape index (κ3) is 1.29. The van der Waals surface area contributed by atoms with Crippen LogP contribution in [0.4, 0.5) is 5.95 Å². The summed E-state index contributed by atoms with van der Waals surface area (Å²) >= 11 is 0. The van der Waals surface area contributed by atoms with Gasteiger partial charge in [-0.15, -0.1) is 0 Å². The molecule has 1 saturated carbocycles. The molecule has 1 aliphatic rings. The van der Waals surface area contributed by atoms with Crippen LogP contribution in [0.25, 0.3) is 0 Å². The summed E-state index contributed by atoms with van der Waals surface area (Å²) < 4.78 is 5.16. The zero-order valence-corrected chi connectivity index (χ0v) is 7.95. The monoisotopic (exact) mass is 182 g/mol. The topological polar surface area (TPSA) is 68.2 Å². The fourth-order valence-electron chi connectivity index (χ4n) is 1.27. The Morgan fingerprint density at radius 3 is 2.62 bits per heavy atom. The summed E-state index contributed by atoms with van der Waals surface area (Å²) in [7, 11) is 3.77. The molecule has 0 saturated heterocycles. The third-order valence-corrected chi connectivity index (χ3v) is 2.51. The lowest BCUT2D eigenvalue weighted by atomic mass is 10.1. The fraction of sp³-hybridized carbons (Fsp3) is 0.750. The van der Waals surface area contributed by atoms with E-state index in [2.05, 4.69) is 10.1 Å². The van der Waals surface area contributed by atoms with Gasteiger partial charge in [0.2, 0.25) is 5.89 Å². The first-order chi connectivity index (χ1) is 6.18. The first kappa shape index (κ1) is 8.50. The Labute approximate surface area is 76.9 Å². The summed E-state index contributed by atoms with van der Waals surface area (Å²) in [5, 5.41) is 3.85. The van der Waals surface area contributed by atoms with Crippen LogP contribution in [0.5, 0.6) is 0 Å². The van der Waals surface area contributed by atoms with Crippen molar-refractivity contribution in [3.05, 3.63) is 5.89 Å². The maximum atomic E-state index is 5.64. The second-order valence-corrected chi connectivity index (χ2v) is 3.78. The molecule has 5 heteroatoms. The molecule has 1 heterocycles. The van der Waals surface area contributed by atoms with Gasteiger partial charge in [0.25, 0.3) is 5.95 Å². The van der Waals surface area contributed by atoms with Crippen molar-refractivity contribution < 1.29 is 4.52 Å². The highest BCUT2D eigenvalue weighted by Gasteiger charge is 2.48. The molecule has 0 spiro atoms. The van der Waals surface area contributed by atoms with Crippen molar-refractivity contribution in [2.75, 3.05) is 25.5 Å². The van der Waals surface area contributed by atoms with Gasteiger partial charge in [-0.3, -0.25) is 0 Å². The van der Waals surface area contributed by atoms with E-state index in [9.17, 15) is 0 Å². The summed E-state index contributed by atoms with van der Waals surface area (Å²) in [6, 6.07) is 0. The number of nitrogens with zero attached hydrogens (tertiary/aromatic N) is 3. The standard InChI is InChI=1S/C8H14N4O/c1-12(2)7-10-6(13-11-7)8(5-9)3-4-8/h3-5,9H2,1-2H3. The predicted molar refractivity (Wildman–Crippen MR) is 48.6 cm³/mol. The minimum atomic E-state index is 0.00125. The van der Waals surface area contributed by atoms with Gasteiger partial charge in [0.05, 0.1) is 5.41 Å². The molecule has 0 aliphatic heterocycles. The smallest absolute Gasteiger partial charge is 0.265 e. The number of hydrogen-bond acceptors (Lipinski definition) is 5. The van der Waals surface area contributed by atoms with Crippen LogP contribution in [-0.2, 0) is 5.41 Å². The Kier molecular flexibility index (Phi) is 1.76. The van der Waals surface area contributed by atoms with E-state index in [0.717, 1.165) is 12.8 Å². The van der Waals surface area contributed by atoms with E-state index in [0.29, 0.717) is 18.4 Å². The highest BCUT2D eigenvalue weighted by atomic mass is 16.5. The minimum Gasteiger partial charge on any atom is -0.344 e. The second-order valence-electron chi connectivity index (χ2n) is 3.78. The van der Waals surface area contributed by atoms with Gasteiger partial charge in [-0.05, 0) is 18.0 Å². The normalized spacial score (nSPS) is 18.7. The van der Waals surface area contributed by atoms with Crippen LogP contribution < -0.4 is 10.6 Å². The Hall–Kier alpha value is -1.10. The molecule has 0 aromatic carbocycles. The molecule has 0 atom stereocenters. The first-order valence-electron chi connectivity index (χ1n) is 4.39. The first-order valence-corrected chi connectivity index (χ1v) is 4.39. The lowest BCUT2D eigenvalue weighted by molar-refractivity contribution is 0.347. The van der Waals surface area contributed by atoms with Crippen molar-refractivity contribution in [2.24, 2.45) is 5.73 Å². The van der Waals surface area contributed by atoms with Gasteiger partial charge in [-0.25, -0.2) is 0 Å². The zero-order chi connectivity index (χ0) is 9.47. The molecule has 5 nitrogen and oxygen atoms in total. The van der Waals surface area contributed by atoms with Crippen molar-refractivity contribution in [3.8, 4) is 0 Å². The molecule has 1 aromatic heterocycles. The van der Waals surface area contributed by atoms with Gasteiger partial charge in [-0.2, -0.15) is 4.98 Å². The molecular weight excluding hydrogens is 168 g/mol. The summed E-state index contributed by atoms with van der Waals surface area (Å²) in [4.78, 5) is 6.10. The highest BCUT2D eigenvalue weighted by molar-refractivity contribution is 5.27. The van der Waals surface area contributed by atoms with Crippen LogP contribution in [-0.4, -0.2) is 30.8 Å². The van der Waals surface area contributed by atoms with Gasteiger partial charge >= 0.3 is 0 Å². The predicted octanol–water partition coefficient (Wildman–Crippen LogP) is 0.126. The van der Waals surface area contributed by atoms with Gasteiger partial charge in [0.15, 0.2) is 0 Å². The lowest BCUT2D eigenvalue weighted by Crippen LogP contribution is -2.20. The van der Waals surface area contributed by atoms with Crippen molar-refractivity contribution in [1.29, 1.82) is 0 Å². The number of nitrogens with two attached hydrogens (primary N) is 1. The van der Waals surface area contributed by atoms with Gasteiger partial charge in [-0.1, -0.05) is 0 Å². The minimum absolute atomic E-state index is 0.00125. The van der Waals surface area contributed by atoms with Gasteiger partial charge < -0.3 is 15.2 Å². The van der Waals surface area contributed by atoms with E-state index >= 15 is 0 Å². The second kappa shape index (κ2) is 2.70. The molecule has 1 aliphatic carbocycles. The Morgan fingerprint density at radius 1 is 1.54 bits per heavy atom. The van der Waals surface area contributed by atoms with Crippen molar-refractivity contribution in [3.63, 3.8) is 0 Å². The summed E-state index contributed by atoms with van der Waals surface area (Å²) in [6.45, 7) is 0.599. The highest BCUT2D eigenvalue weighted by Crippen LogP contribution is 2.46. The molecule has 0 unspecified atom stereocenters. The molecular formula is C8H14N4O. The molecule has 1 aromatic rings. The van der Waals surface area contributed by atoms with Crippen molar-refractivity contribution in [2.45, 2.75) is 18.3 Å². The summed E-state index contributed by atoms with van der Waals surface area (Å²) in [6.07, 6.45) is 2.14. The SMILES string of the molecule is CN(C)c1noc(C2(CN)CC2)n1. The molecule has 2 N–H and O–H groups in total. The molecule has 72 valence electrons. The average Bonchev–Trinajstić information content (AvgIpc) is 2.75. The lowest BCUT2D eigenvalue weighted by Gasteiger charge is -2.05. The molecule has 0 amide bonds. The van der Waals surface area contributed by atoms with Gasteiger partial charge in [0, 0.05) is 20.6 Å².